The van der Waals surface area contributed by atoms with Crippen molar-refractivity contribution in [1.82, 2.24) is 10.6 Å². The predicted octanol–water partition coefficient (Wildman–Crippen LogP) is 0.725. The van der Waals surface area contributed by atoms with E-state index in [9.17, 15) is 24.6 Å². The van der Waals surface area contributed by atoms with Crippen LogP contribution in [0, 0.1) is 5.92 Å². The highest BCUT2D eigenvalue weighted by atomic mass is 32.2. The van der Waals surface area contributed by atoms with Crippen LogP contribution in [0.2, 0.25) is 0 Å². The summed E-state index contributed by atoms with van der Waals surface area (Å²) >= 11 is 1.49. The molecule has 0 aromatic heterocycles. The molecule has 1 rings (SSSR count). The summed E-state index contributed by atoms with van der Waals surface area (Å²) in [6, 6.07) is 3.55. The third-order valence-corrected chi connectivity index (χ3v) is 4.84. The van der Waals surface area contributed by atoms with E-state index in [1.807, 2.05) is 6.26 Å². The minimum atomic E-state index is -1.11. The Kier molecular flexibility index (Phi) is 9.81. The molecule has 0 saturated carbocycles. The van der Waals surface area contributed by atoms with E-state index in [0.29, 0.717) is 12.2 Å². The summed E-state index contributed by atoms with van der Waals surface area (Å²) in [5.41, 5.74) is 6.72. The lowest BCUT2D eigenvalue weighted by Gasteiger charge is -2.25. The number of carbonyl (C=O) groups excluding carboxylic acids is 2. The Morgan fingerprint density at radius 2 is 1.71 bits per heavy atom. The van der Waals surface area contributed by atoms with Crippen molar-refractivity contribution in [2.24, 2.45) is 11.7 Å². The zero-order chi connectivity index (χ0) is 21.3. The summed E-state index contributed by atoms with van der Waals surface area (Å²) in [7, 11) is 0. The third kappa shape index (κ3) is 7.77. The van der Waals surface area contributed by atoms with Gasteiger partial charge >= 0.3 is 5.97 Å². The molecule has 0 aliphatic heterocycles. The Balaban J connectivity index is 2.73. The number of phenols is 1. The number of aliphatic carboxylic acids is 1. The van der Waals surface area contributed by atoms with Crippen LogP contribution in [-0.2, 0) is 20.8 Å². The Bertz CT molecular complexity index is 666. The molecule has 0 fully saturated rings. The molecule has 0 aliphatic rings. The molecule has 0 spiro atoms. The maximum atomic E-state index is 12.6. The molecule has 8 nitrogen and oxygen atoms in total. The number of amides is 2. The molecule has 2 amide bonds. The average Bonchev–Trinajstić information content (AvgIpc) is 2.63. The molecule has 28 heavy (non-hydrogen) atoms. The molecule has 1 aromatic rings. The van der Waals surface area contributed by atoms with Gasteiger partial charge in [-0.05, 0) is 48.5 Å². The first-order valence-corrected chi connectivity index (χ1v) is 10.4. The highest BCUT2D eigenvalue weighted by Gasteiger charge is 2.29. The largest absolute Gasteiger partial charge is 0.508 e. The predicted molar refractivity (Wildman–Crippen MR) is 109 cm³/mol. The van der Waals surface area contributed by atoms with Crippen LogP contribution in [0.25, 0.3) is 0 Å². The summed E-state index contributed by atoms with van der Waals surface area (Å²) < 4.78 is 0. The van der Waals surface area contributed by atoms with E-state index in [-0.39, 0.29) is 18.1 Å². The van der Waals surface area contributed by atoms with Crippen LogP contribution >= 0.6 is 11.8 Å². The molecule has 3 atom stereocenters. The Morgan fingerprint density at radius 3 is 2.21 bits per heavy atom. The molecule has 156 valence electrons. The molecular formula is C19H29N3O5S. The second-order valence-electron chi connectivity index (χ2n) is 6.89. The lowest BCUT2D eigenvalue weighted by atomic mass is 10.0. The average molecular weight is 412 g/mol. The molecule has 0 aliphatic carbocycles. The van der Waals surface area contributed by atoms with Gasteiger partial charge in [0.1, 0.15) is 17.8 Å². The number of hydrogen-bond donors (Lipinski definition) is 5. The van der Waals surface area contributed by atoms with Crippen LogP contribution in [0.5, 0.6) is 5.75 Å². The highest BCUT2D eigenvalue weighted by molar-refractivity contribution is 7.98. The number of nitrogens with two attached hydrogens (primary N) is 1. The number of phenolic OH excluding ortho intramolecular Hbond substituents is 1. The van der Waals surface area contributed by atoms with Crippen molar-refractivity contribution in [3.63, 3.8) is 0 Å². The molecule has 0 saturated heterocycles. The Hall–Kier alpha value is -2.26. The van der Waals surface area contributed by atoms with Gasteiger partial charge in [0.15, 0.2) is 0 Å². The monoisotopic (exact) mass is 411 g/mol. The van der Waals surface area contributed by atoms with Gasteiger partial charge in [-0.2, -0.15) is 11.8 Å². The number of rotatable bonds is 11. The van der Waals surface area contributed by atoms with E-state index in [1.54, 1.807) is 26.0 Å². The van der Waals surface area contributed by atoms with Crippen LogP contribution < -0.4 is 16.4 Å². The topological polar surface area (TPSA) is 142 Å². The summed E-state index contributed by atoms with van der Waals surface area (Å²) in [4.78, 5) is 36.3. The highest BCUT2D eigenvalue weighted by Crippen LogP contribution is 2.11. The van der Waals surface area contributed by atoms with Crippen molar-refractivity contribution in [2.75, 3.05) is 12.0 Å². The van der Waals surface area contributed by atoms with Gasteiger partial charge in [-0.1, -0.05) is 26.0 Å². The van der Waals surface area contributed by atoms with Gasteiger partial charge in [-0.25, -0.2) is 4.79 Å². The van der Waals surface area contributed by atoms with Crippen LogP contribution in [0.15, 0.2) is 24.3 Å². The Morgan fingerprint density at radius 1 is 1.11 bits per heavy atom. The van der Waals surface area contributed by atoms with Gasteiger partial charge < -0.3 is 26.6 Å². The van der Waals surface area contributed by atoms with Crippen molar-refractivity contribution in [3.05, 3.63) is 29.8 Å². The maximum Gasteiger partial charge on any atom is 0.326 e. The summed E-state index contributed by atoms with van der Waals surface area (Å²) in [5, 5.41) is 23.7. The van der Waals surface area contributed by atoms with E-state index in [0.717, 1.165) is 5.56 Å². The van der Waals surface area contributed by atoms with Crippen LogP contribution in [0.4, 0.5) is 0 Å². The second-order valence-corrected chi connectivity index (χ2v) is 7.87. The first kappa shape index (κ1) is 23.8. The standard InChI is InChI=1S/C19H29N3O5S/c1-11(2)16(18(25)21-15(19(26)27)8-9-28-3)22-17(24)14(20)10-12-4-6-13(23)7-5-12/h4-7,11,14-16,23H,8-10,20H2,1-3H3,(H,21,25)(H,22,24)(H,26,27)/t14-,15-,16-/m0/s1. The number of aromatic hydroxyl groups is 1. The fourth-order valence-corrected chi connectivity index (χ4v) is 3.00. The van der Waals surface area contributed by atoms with Gasteiger partial charge in [-0.3, -0.25) is 9.59 Å². The summed E-state index contributed by atoms with van der Waals surface area (Å²) in [6.07, 6.45) is 2.39. The second kappa shape index (κ2) is 11.6. The number of hydrogen-bond acceptors (Lipinski definition) is 6. The lowest BCUT2D eigenvalue weighted by molar-refractivity contribution is -0.142. The van der Waals surface area contributed by atoms with Crippen molar-refractivity contribution in [1.29, 1.82) is 0 Å². The van der Waals surface area contributed by atoms with Crippen molar-refractivity contribution in [2.45, 2.75) is 44.8 Å². The molecule has 0 bridgehead atoms. The minimum Gasteiger partial charge on any atom is -0.508 e. The number of carboxylic acid groups (broad SMARTS) is 1. The van der Waals surface area contributed by atoms with Crippen molar-refractivity contribution in [3.8, 4) is 5.75 Å². The number of nitrogens with one attached hydrogen (secondary N) is 2. The first-order valence-electron chi connectivity index (χ1n) is 9.01. The van der Waals surface area contributed by atoms with Crippen LogP contribution in [0.3, 0.4) is 0 Å². The molecule has 0 radical (unpaired) electrons. The van der Waals surface area contributed by atoms with Gasteiger partial charge in [0.2, 0.25) is 11.8 Å². The maximum absolute atomic E-state index is 12.6. The van der Waals surface area contributed by atoms with Crippen LogP contribution in [-0.4, -0.2) is 58.1 Å². The van der Waals surface area contributed by atoms with E-state index < -0.39 is 35.9 Å². The SMILES string of the molecule is CSCC[C@H](NC(=O)[C@@H](NC(=O)[C@@H](N)Cc1ccc(O)cc1)C(C)C)C(=O)O. The fourth-order valence-electron chi connectivity index (χ4n) is 2.53. The van der Waals surface area contributed by atoms with E-state index >= 15 is 0 Å². The van der Waals surface area contributed by atoms with E-state index in [1.165, 1.54) is 23.9 Å². The summed E-state index contributed by atoms with van der Waals surface area (Å²) in [5.74, 6) is -1.70. The van der Waals surface area contributed by atoms with Crippen molar-refractivity contribution >= 4 is 29.5 Å². The fraction of sp³-hybridized carbons (Fsp3) is 0.526. The van der Waals surface area contributed by atoms with Gasteiger partial charge in [0.05, 0.1) is 6.04 Å². The number of carboxylic acids is 1. The number of carbonyl (C=O) groups is 3. The zero-order valence-electron chi connectivity index (χ0n) is 16.3. The van der Waals surface area contributed by atoms with Gasteiger partial charge in [0, 0.05) is 0 Å². The third-order valence-electron chi connectivity index (χ3n) is 4.20. The smallest absolute Gasteiger partial charge is 0.326 e. The normalized spacial score (nSPS) is 14.2. The number of benzene rings is 1. The molecule has 9 heteroatoms. The first-order chi connectivity index (χ1) is 13.1. The van der Waals surface area contributed by atoms with E-state index in [4.69, 9.17) is 5.73 Å². The van der Waals surface area contributed by atoms with Gasteiger partial charge in [0.25, 0.3) is 0 Å². The zero-order valence-corrected chi connectivity index (χ0v) is 17.2. The molecule has 1 aromatic carbocycles. The van der Waals surface area contributed by atoms with Gasteiger partial charge in [-0.15, -0.1) is 0 Å². The quantitative estimate of drug-likeness (QED) is 0.361. The number of thioether (sulfide) groups is 1. The van der Waals surface area contributed by atoms with E-state index in [2.05, 4.69) is 10.6 Å². The summed E-state index contributed by atoms with van der Waals surface area (Å²) in [6.45, 7) is 3.52. The molecule has 0 heterocycles. The molecule has 6 N–H and O–H groups in total. The Labute approximate surface area is 169 Å². The van der Waals surface area contributed by atoms with Crippen LogP contribution in [0.1, 0.15) is 25.8 Å². The lowest BCUT2D eigenvalue weighted by Crippen LogP contribution is -2.56. The molecular weight excluding hydrogens is 382 g/mol. The van der Waals surface area contributed by atoms with Crippen molar-refractivity contribution < 1.29 is 24.6 Å². The molecule has 0 unspecified atom stereocenters. The minimum absolute atomic E-state index is 0.118.